The molecule has 2 rings (SSSR count). The molecule has 0 radical (unpaired) electrons. The van der Waals surface area contributed by atoms with E-state index in [9.17, 15) is 4.79 Å². The Bertz CT molecular complexity index is 326. The van der Waals surface area contributed by atoms with Gasteiger partial charge in [0.2, 0.25) is 5.91 Å². The lowest BCUT2D eigenvalue weighted by atomic mass is 9.88. The normalized spacial score (nSPS) is 28.0. The Morgan fingerprint density at radius 3 is 2.79 bits per heavy atom. The van der Waals surface area contributed by atoms with Crippen LogP contribution in [-0.2, 0) is 4.79 Å². The van der Waals surface area contributed by atoms with Crippen LogP contribution in [-0.4, -0.2) is 18.2 Å². The van der Waals surface area contributed by atoms with Gasteiger partial charge < -0.3 is 5.32 Å². The molecule has 14 heavy (non-hydrogen) atoms. The molecule has 2 aliphatic heterocycles. The van der Waals surface area contributed by atoms with Gasteiger partial charge in [-0.1, -0.05) is 13.8 Å². The maximum absolute atomic E-state index is 11.3. The minimum absolute atomic E-state index is 0.0395. The molecule has 2 heterocycles. The summed E-state index contributed by atoms with van der Waals surface area (Å²) in [7, 11) is 0. The average molecular weight is 192 g/mol. The van der Waals surface area contributed by atoms with Gasteiger partial charge in [0.25, 0.3) is 0 Å². The highest BCUT2D eigenvalue weighted by molar-refractivity contribution is 5.98. The van der Waals surface area contributed by atoms with Gasteiger partial charge in [-0.05, 0) is 18.9 Å². The van der Waals surface area contributed by atoms with Crippen molar-refractivity contribution in [2.45, 2.75) is 33.1 Å². The topological polar surface area (TPSA) is 41.5 Å². The van der Waals surface area contributed by atoms with Crippen LogP contribution < -0.4 is 5.32 Å². The molecule has 0 unspecified atom stereocenters. The molecule has 3 nitrogen and oxygen atoms in total. The van der Waals surface area contributed by atoms with Crippen molar-refractivity contribution in [3.05, 3.63) is 11.8 Å². The average Bonchev–Trinajstić information content (AvgIpc) is 2.61. The first kappa shape index (κ1) is 9.44. The molecule has 1 N–H and O–H groups in total. The maximum atomic E-state index is 11.3. The minimum Gasteiger partial charge on any atom is -0.329 e. The third kappa shape index (κ3) is 1.72. The van der Waals surface area contributed by atoms with Crippen molar-refractivity contribution in [1.82, 2.24) is 5.32 Å². The molecular weight excluding hydrogens is 176 g/mol. The Balaban J connectivity index is 2.21. The zero-order valence-electron chi connectivity index (χ0n) is 8.76. The lowest BCUT2D eigenvalue weighted by Crippen LogP contribution is -2.16. The molecule has 1 fully saturated rings. The van der Waals surface area contributed by atoms with Gasteiger partial charge in [-0.2, -0.15) is 0 Å². The highest BCUT2D eigenvalue weighted by Gasteiger charge is 2.34. The quantitative estimate of drug-likeness (QED) is 0.674. The van der Waals surface area contributed by atoms with Crippen LogP contribution in [0.5, 0.6) is 0 Å². The van der Waals surface area contributed by atoms with Crippen LogP contribution in [0.3, 0.4) is 0 Å². The molecule has 1 saturated heterocycles. The van der Waals surface area contributed by atoms with Crippen LogP contribution in [0.25, 0.3) is 0 Å². The third-order valence-electron chi connectivity index (χ3n) is 2.82. The van der Waals surface area contributed by atoms with E-state index in [1.54, 1.807) is 0 Å². The predicted molar refractivity (Wildman–Crippen MR) is 56.2 cm³/mol. The molecule has 1 amide bonds. The maximum Gasteiger partial charge on any atom is 0.225 e. The highest BCUT2D eigenvalue weighted by Crippen LogP contribution is 2.33. The first-order valence-electron chi connectivity index (χ1n) is 5.13. The Morgan fingerprint density at radius 1 is 1.50 bits per heavy atom. The van der Waals surface area contributed by atoms with E-state index in [4.69, 9.17) is 0 Å². The van der Waals surface area contributed by atoms with Crippen LogP contribution in [0.15, 0.2) is 16.8 Å². The molecule has 0 bridgehead atoms. The van der Waals surface area contributed by atoms with Gasteiger partial charge in [0.05, 0.1) is 0 Å². The number of nitrogens with zero attached hydrogens (tertiary/aromatic N) is 1. The SMILES string of the molecule is CC1(C)CC(=O)N/C1=C\C1=NCCC1. The Kier molecular flexibility index (Phi) is 2.17. The first-order valence-corrected chi connectivity index (χ1v) is 5.13. The van der Waals surface area contributed by atoms with E-state index >= 15 is 0 Å². The molecule has 2 aliphatic rings. The second kappa shape index (κ2) is 3.23. The fourth-order valence-corrected chi connectivity index (χ4v) is 1.94. The highest BCUT2D eigenvalue weighted by atomic mass is 16.1. The lowest BCUT2D eigenvalue weighted by Gasteiger charge is -2.16. The van der Waals surface area contributed by atoms with Crippen LogP contribution in [0.4, 0.5) is 0 Å². The summed E-state index contributed by atoms with van der Waals surface area (Å²) in [5.41, 5.74) is 2.13. The summed E-state index contributed by atoms with van der Waals surface area (Å²) < 4.78 is 0. The van der Waals surface area contributed by atoms with Crippen LogP contribution in [0, 0.1) is 5.41 Å². The van der Waals surface area contributed by atoms with Gasteiger partial charge in [0, 0.05) is 29.8 Å². The van der Waals surface area contributed by atoms with Gasteiger partial charge in [-0.25, -0.2) is 0 Å². The molecule has 0 aliphatic carbocycles. The number of hydrogen-bond acceptors (Lipinski definition) is 2. The summed E-state index contributed by atoms with van der Waals surface area (Å²) >= 11 is 0. The van der Waals surface area contributed by atoms with Crippen molar-refractivity contribution < 1.29 is 4.79 Å². The smallest absolute Gasteiger partial charge is 0.225 e. The van der Waals surface area contributed by atoms with Gasteiger partial charge >= 0.3 is 0 Å². The van der Waals surface area contributed by atoms with E-state index in [1.807, 2.05) is 0 Å². The van der Waals surface area contributed by atoms with Crippen molar-refractivity contribution in [2.24, 2.45) is 10.4 Å². The number of amides is 1. The van der Waals surface area contributed by atoms with Crippen molar-refractivity contribution in [1.29, 1.82) is 0 Å². The third-order valence-corrected chi connectivity index (χ3v) is 2.82. The van der Waals surface area contributed by atoms with Gasteiger partial charge in [0.15, 0.2) is 0 Å². The Morgan fingerprint density at radius 2 is 2.29 bits per heavy atom. The van der Waals surface area contributed by atoms with Crippen molar-refractivity contribution in [3.63, 3.8) is 0 Å². The fourth-order valence-electron chi connectivity index (χ4n) is 1.94. The van der Waals surface area contributed by atoms with Gasteiger partial charge in [0.1, 0.15) is 0 Å². The van der Waals surface area contributed by atoms with E-state index < -0.39 is 0 Å². The summed E-state index contributed by atoms with van der Waals surface area (Å²) in [5, 5.41) is 2.91. The summed E-state index contributed by atoms with van der Waals surface area (Å²) in [6, 6.07) is 0. The van der Waals surface area contributed by atoms with E-state index in [2.05, 4.69) is 30.2 Å². The van der Waals surface area contributed by atoms with E-state index in [1.165, 1.54) is 0 Å². The number of carbonyl (C=O) groups is 1. The van der Waals surface area contributed by atoms with Crippen LogP contribution in [0.1, 0.15) is 33.1 Å². The first-order chi connectivity index (χ1) is 6.58. The number of hydrogen-bond donors (Lipinski definition) is 1. The van der Waals surface area contributed by atoms with E-state index in [-0.39, 0.29) is 11.3 Å². The van der Waals surface area contributed by atoms with Crippen LogP contribution in [0.2, 0.25) is 0 Å². The van der Waals surface area contributed by atoms with Crippen molar-refractivity contribution in [3.8, 4) is 0 Å². The van der Waals surface area contributed by atoms with Crippen molar-refractivity contribution >= 4 is 11.6 Å². The van der Waals surface area contributed by atoms with E-state index in [0.717, 1.165) is 30.8 Å². The second-order valence-electron chi connectivity index (χ2n) is 4.64. The number of allylic oxidation sites excluding steroid dienone is 2. The van der Waals surface area contributed by atoms with Crippen molar-refractivity contribution in [2.75, 3.05) is 6.54 Å². The molecule has 3 heteroatoms. The van der Waals surface area contributed by atoms with Gasteiger partial charge in [-0.3, -0.25) is 9.79 Å². The fraction of sp³-hybridized carbons (Fsp3) is 0.636. The molecule has 76 valence electrons. The standard InChI is InChI=1S/C11H16N2O/c1-11(2)7-10(14)13-9(11)6-8-4-3-5-12-8/h6H,3-5,7H2,1-2H3,(H,13,14)/b9-6-. The van der Waals surface area contributed by atoms with E-state index in [0.29, 0.717) is 6.42 Å². The molecular formula is C11H16N2O. The Labute approximate surface area is 84.3 Å². The van der Waals surface area contributed by atoms with Gasteiger partial charge in [-0.15, -0.1) is 0 Å². The summed E-state index contributed by atoms with van der Waals surface area (Å²) in [4.78, 5) is 15.6. The van der Waals surface area contributed by atoms with Crippen LogP contribution >= 0.6 is 0 Å². The molecule has 0 aromatic carbocycles. The molecule has 0 aromatic rings. The molecule has 0 atom stereocenters. The Hall–Kier alpha value is -1.12. The number of aliphatic imine (C=N–C) groups is 1. The zero-order valence-corrected chi connectivity index (χ0v) is 8.76. The summed E-state index contributed by atoms with van der Waals surface area (Å²) in [6.45, 7) is 5.12. The monoisotopic (exact) mass is 192 g/mol. The number of nitrogens with one attached hydrogen (secondary N) is 1. The second-order valence-corrected chi connectivity index (χ2v) is 4.64. The lowest BCUT2D eigenvalue weighted by molar-refractivity contribution is -0.119. The molecule has 0 aromatic heterocycles. The summed E-state index contributed by atoms with van der Waals surface area (Å²) in [5.74, 6) is 0.125. The largest absolute Gasteiger partial charge is 0.329 e. The predicted octanol–water partition coefficient (Wildman–Crippen LogP) is 1.65. The minimum atomic E-state index is -0.0395. The number of carbonyl (C=O) groups excluding carboxylic acids is 1. The molecule has 0 saturated carbocycles. The molecule has 0 spiro atoms. The zero-order chi connectivity index (χ0) is 10.2. The number of rotatable bonds is 1. The summed E-state index contributed by atoms with van der Waals surface area (Å²) in [6.07, 6.45) is 4.84.